The van der Waals surface area contributed by atoms with Crippen LogP contribution < -0.4 is 20.4 Å². The SMILES string of the molecule is COc1ccc(-c2ccc(/C=C/c3n(CCCCCC(=O)NCCN)c4cc(Cl)c(Cl)cc4[n+]3C)o2)cc1Cl. The first kappa shape index (κ1) is 29.0. The van der Waals surface area contributed by atoms with E-state index in [1.807, 2.05) is 61.7 Å². The molecule has 0 bridgehead atoms. The lowest BCUT2D eigenvalue weighted by molar-refractivity contribution is -0.647. The normalized spacial score (nSPS) is 11.5. The van der Waals surface area contributed by atoms with E-state index in [1.165, 1.54) is 0 Å². The smallest absolute Gasteiger partial charge is 0.282 e. The summed E-state index contributed by atoms with van der Waals surface area (Å²) in [6.45, 7) is 1.71. The van der Waals surface area contributed by atoms with Crippen LogP contribution in [0.3, 0.4) is 0 Å². The molecule has 2 aromatic carbocycles. The van der Waals surface area contributed by atoms with E-state index >= 15 is 0 Å². The zero-order valence-corrected chi connectivity index (χ0v) is 24.2. The Balaban J connectivity index is 1.54. The van der Waals surface area contributed by atoms with Crippen LogP contribution in [-0.2, 0) is 18.4 Å². The number of aryl methyl sites for hydroxylation is 2. The molecular weight excluding hydrogens is 559 g/mol. The third-order valence-electron chi connectivity index (χ3n) is 6.50. The minimum absolute atomic E-state index is 0.0399. The summed E-state index contributed by atoms with van der Waals surface area (Å²) in [6.07, 6.45) is 7.07. The van der Waals surface area contributed by atoms with E-state index in [9.17, 15) is 4.79 Å². The fourth-order valence-corrected chi connectivity index (χ4v) is 5.05. The van der Waals surface area contributed by atoms with Gasteiger partial charge in [0, 0.05) is 43.3 Å². The number of nitrogens with zero attached hydrogens (tertiary/aromatic N) is 2. The zero-order chi connectivity index (χ0) is 27.9. The van der Waals surface area contributed by atoms with Gasteiger partial charge in [-0.05, 0) is 55.7 Å². The fraction of sp³-hybridized carbons (Fsp3) is 0.310. The lowest BCUT2D eigenvalue weighted by Gasteiger charge is -2.04. The second-order valence-electron chi connectivity index (χ2n) is 9.16. The Hall–Kier alpha value is -2.97. The van der Waals surface area contributed by atoms with Crippen molar-refractivity contribution in [3.63, 3.8) is 0 Å². The molecule has 0 atom stereocenters. The summed E-state index contributed by atoms with van der Waals surface area (Å²) < 4.78 is 15.6. The van der Waals surface area contributed by atoms with Gasteiger partial charge in [-0.15, -0.1) is 0 Å². The third-order valence-corrected chi connectivity index (χ3v) is 7.52. The Morgan fingerprint density at radius 2 is 1.85 bits per heavy atom. The molecular formula is C29H32Cl3N4O3+. The molecule has 0 aliphatic carbocycles. The number of benzene rings is 2. The van der Waals surface area contributed by atoms with Gasteiger partial charge in [0.15, 0.2) is 11.0 Å². The molecule has 0 aliphatic heterocycles. The lowest BCUT2D eigenvalue weighted by Crippen LogP contribution is -2.31. The van der Waals surface area contributed by atoms with Gasteiger partial charge in [0.25, 0.3) is 5.82 Å². The number of amides is 1. The van der Waals surface area contributed by atoms with Crippen molar-refractivity contribution in [2.24, 2.45) is 12.8 Å². The maximum Gasteiger partial charge on any atom is 0.282 e. The van der Waals surface area contributed by atoms with E-state index in [0.717, 1.165) is 48.2 Å². The average molecular weight is 591 g/mol. The Morgan fingerprint density at radius 3 is 2.59 bits per heavy atom. The van der Waals surface area contributed by atoms with Crippen molar-refractivity contribution < 1.29 is 18.5 Å². The largest absolute Gasteiger partial charge is 0.495 e. The summed E-state index contributed by atoms with van der Waals surface area (Å²) in [5.74, 6) is 3.03. The summed E-state index contributed by atoms with van der Waals surface area (Å²) in [7, 11) is 3.58. The standard InChI is InChI=1S/C29H31Cl3N4O3/c1-35-24-17-21(30)22(31)18-25(24)36(15-5-3-4-6-28(37)34-14-13-33)29(35)12-9-20-8-11-26(39-20)19-7-10-27(38-2)23(32)16-19/h7-12,16-18H,3-6,13-15,33H2,1-2H3/p+1/b12-9+. The van der Waals surface area contributed by atoms with Gasteiger partial charge in [0.1, 0.15) is 17.3 Å². The van der Waals surface area contributed by atoms with Gasteiger partial charge in [-0.3, -0.25) is 4.79 Å². The summed E-state index contributed by atoms with van der Waals surface area (Å²) in [5.41, 5.74) is 8.27. The molecule has 2 aromatic heterocycles. The number of fused-ring (bicyclic) bond motifs is 1. The molecule has 10 heteroatoms. The highest BCUT2D eigenvalue weighted by Crippen LogP contribution is 2.32. The van der Waals surface area contributed by atoms with E-state index in [-0.39, 0.29) is 5.91 Å². The highest BCUT2D eigenvalue weighted by Gasteiger charge is 2.22. The maximum atomic E-state index is 11.9. The van der Waals surface area contributed by atoms with Crippen LogP contribution in [0.25, 0.3) is 34.5 Å². The van der Waals surface area contributed by atoms with Crippen molar-refractivity contribution in [2.45, 2.75) is 32.2 Å². The number of unbranched alkanes of at least 4 members (excludes halogenated alkanes) is 2. The number of methoxy groups -OCH3 is 1. The van der Waals surface area contributed by atoms with E-state index < -0.39 is 0 Å². The van der Waals surface area contributed by atoms with Gasteiger partial charge in [-0.25, -0.2) is 9.13 Å². The number of hydrogen-bond acceptors (Lipinski definition) is 4. The molecule has 0 saturated carbocycles. The molecule has 206 valence electrons. The van der Waals surface area contributed by atoms with E-state index in [2.05, 4.69) is 14.5 Å². The van der Waals surface area contributed by atoms with Crippen LogP contribution in [0.4, 0.5) is 0 Å². The molecule has 1 amide bonds. The number of rotatable bonds is 12. The van der Waals surface area contributed by atoms with Crippen molar-refractivity contribution in [1.29, 1.82) is 0 Å². The first-order valence-corrected chi connectivity index (χ1v) is 13.9. The molecule has 0 fully saturated rings. The second kappa shape index (κ2) is 13.4. The number of aromatic nitrogens is 2. The quantitative estimate of drug-likeness (QED) is 0.146. The van der Waals surface area contributed by atoms with Gasteiger partial charge in [0.05, 0.1) is 35.8 Å². The lowest BCUT2D eigenvalue weighted by atomic mass is 10.2. The zero-order valence-electron chi connectivity index (χ0n) is 22.0. The van der Waals surface area contributed by atoms with Crippen molar-refractivity contribution >= 4 is 63.9 Å². The number of hydrogen-bond donors (Lipinski definition) is 2. The van der Waals surface area contributed by atoms with Crippen molar-refractivity contribution in [1.82, 2.24) is 9.88 Å². The number of imidazole rings is 1. The molecule has 4 aromatic rings. The molecule has 0 spiro atoms. The number of carbonyl (C=O) groups excluding carboxylic acids is 1. The topological polar surface area (TPSA) is 86.3 Å². The van der Waals surface area contributed by atoms with Gasteiger partial charge in [-0.1, -0.05) is 34.8 Å². The van der Waals surface area contributed by atoms with Gasteiger partial charge in [-0.2, -0.15) is 0 Å². The van der Waals surface area contributed by atoms with Crippen LogP contribution in [0.15, 0.2) is 46.9 Å². The van der Waals surface area contributed by atoms with Gasteiger partial charge < -0.3 is 20.2 Å². The predicted molar refractivity (Wildman–Crippen MR) is 158 cm³/mol. The molecule has 0 saturated heterocycles. The molecule has 2 heterocycles. The van der Waals surface area contributed by atoms with Gasteiger partial charge in [0.2, 0.25) is 5.91 Å². The van der Waals surface area contributed by atoms with Crippen LogP contribution in [0, 0.1) is 0 Å². The van der Waals surface area contributed by atoms with Crippen molar-refractivity contribution in [2.75, 3.05) is 20.2 Å². The summed E-state index contributed by atoms with van der Waals surface area (Å²) in [6, 6.07) is 13.2. The molecule has 0 unspecified atom stereocenters. The number of ether oxygens (including phenoxy) is 1. The second-order valence-corrected chi connectivity index (χ2v) is 10.4. The summed E-state index contributed by atoms with van der Waals surface area (Å²) >= 11 is 19.0. The number of nitrogens with one attached hydrogen (secondary N) is 1. The molecule has 3 N–H and O–H groups in total. The third kappa shape index (κ3) is 6.97. The Labute approximate surface area is 243 Å². The average Bonchev–Trinajstić information content (AvgIpc) is 3.49. The number of carbonyl (C=O) groups is 1. The Bertz CT molecular complexity index is 1490. The maximum absolute atomic E-state index is 11.9. The Kier molecular flexibility index (Phi) is 9.97. The first-order chi connectivity index (χ1) is 18.8. The highest BCUT2D eigenvalue weighted by atomic mass is 35.5. The van der Waals surface area contributed by atoms with Crippen molar-refractivity contribution in [3.8, 4) is 17.1 Å². The van der Waals surface area contributed by atoms with Crippen LogP contribution in [-0.4, -0.2) is 30.7 Å². The fourth-order valence-electron chi connectivity index (χ4n) is 4.48. The predicted octanol–water partition coefficient (Wildman–Crippen LogP) is 6.50. The molecule has 0 aliphatic rings. The van der Waals surface area contributed by atoms with Crippen LogP contribution in [0.2, 0.25) is 15.1 Å². The van der Waals surface area contributed by atoms with Crippen molar-refractivity contribution in [3.05, 3.63) is 69.1 Å². The highest BCUT2D eigenvalue weighted by molar-refractivity contribution is 6.42. The van der Waals surface area contributed by atoms with Crippen LogP contribution in [0.5, 0.6) is 5.75 Å². The van der Waals surface area contributed by atoms with E-state index in [1.54, 1.807) is 7.11 Å². The molecule has 7 nitrogen and oxygen atoms in total. The number of nitrogens with two attached hydrogens (primary N) is 1. The van der Waals surface area contributed by atoms with Gasteiger partial charge >= 0.3 is 0 Å². The molecule has 39 heavy (non-hydrogen) atoms. The minimum Gasteiger partial charge on any atom is -0.495 e. The number of halogens is 3. The Morgan fingerprint density at radius 1 is 1.05 bits per heavy atom. The monoisotopic (exact) mass is 589 g/mol. The minimum atomic E-state index is 0.0399. The van der Waals surface area contributed by atoms with E-state index in [0.29, 0.717) is 51.8 Å². The molecule has 0 radical (unpaired) electrons. The summed E-state index contributed by atoms with van der Waals surface area (Å²) in [4.78, 5) is 11.9. The summed E-state index contributed by atoms with van der Waals surface area (Å²) in [5, 5.41) is 4.34. The van der Waals surface area contributed by atoms with E-state index in [4.69, 9.17) is 49.7 Å². The van der Waals surface area contributed by atoms with Crippen LogP contribution >= 0.6 is 34.8 Å². The molecule has 4 rings (SSSR count). The van der Waals surface area contributed by atoms with Crippen LogP contribution in [0.1, 0.15) is 37.3 Å². The number of furan rings is 1. The first-order valence-electron chi connectivity index (χ1n) is 12.8.